The molecule has 0 aromatic carbocycles. The second-order valence-electron chi connectivity index (χ2n) is 4.18. The van der Waals surface area contributed by atoms with E-state index in [1.54, 1.807) is 13.8 Å². The molecule has 0 spiro atoms. The van der Waals surface area contributed by atoms with Crippen LogP contribution < -0.4 is 11.2 Å². The summed E-state index contributed by atoms with van der Waals surface area (Å²) in [6.07, 6.45) is 2.71. The van der Waals surface area contributed by atoms with Gasteiger partial charge in [-0.3, -0.25) is 0 Å². The number of rotatable bonds is 2. The number of nitrogens with one attached hydrogen (secondary N) is 1. The number of urea groups is 1. The van der Waals surface area contributed by atoms with Gasteiger partial charge in [-0.1, -0.05) is 0 Å². The Labute approximate surface area is 83.4 Å². The van der Waals surface area contributed by atoms with Gasteiger partial charge < -0.3 is 10.8 Å². The molecule has 5 heteroatoms. The molecule has 5 nitrogen and oxygen atoms in total. The number of carbonyl (C=O) groups excluding carboxylic acids is 1. The van der Waals surface area contributed by atoms with Gasteiger partial charge in [0.15, 0.2) is 0 Å². The smallest absolute Gasteiger partial charge is 0.332 e. The molecule has 1 aliphatic rings. The molecular weight excluding hydrogens is 182 g/mol. The first-order valence-electron chi connectivity index (χ1n) is 4.75. The van der Waals surface area contributed by atoms with Gasteiger partial charge in [0.1, 0.15) is 0 Å². The molecule has 0 heterocycles. The minimum atomic E-state index is -0.783. The number of amides is 2. The highest BCUT2D eigenvalue weighted by molar-refractivity contribution is 5.90. The van der Waals surface area contributed by atoms with Crippen molar-refractivity contribution in [3.63, 3.8) is 0 Å². The van der Waals surface area contributed by atoms with Crippen LogP contribution in [-0.4, -0.2) is 22.5 Å². The van der Waals surface area contributed by atoms with Crippen molar-refractivity contribution in [2.45, 2.75) is 38.7 Å². The molecule has 0 aliphatic heterocycles. The van der Waals surface area contributed by atoms with Crippen molar-refractivity contribution in [1.29, 1.82) is 0 Å². The highest BCUT2D eigenvalue weighted by atomic mass is 16.3. The van der Waals surface area contributed by atoms with E-state index in [9.17, 15) is 9.90 Å². The molecule has 14 heavy (non-hydrogen) atoms. The molecule has 1 atom stereocenters. The maximum absolute atomic E-state index is 10.5. The third kappa shape index (κ3) is 2.70. The molecule has 0 aromatic heterocycles. The summed E-state index contributed by atoms with van der Waals surface area (Å²) >= 11 is 0. The Balaban J connectivity index is 2.68. The Bertz CT molecular complexity index is 255. The molecule has 0 bridgehead atoms. The Morgan fingerprint density at radius 1 is 1.71 bits per heavy atom. The highest BCUT2D eigenvalue weighted by Crippen LogP contribution is 2.31. The van der Waals surface area contributed by atoms with Crippen LogP contribution >= 0.6 is 0 Å². The highest BCUT2D eigenvalue weighted by Gasteiger charge is 2.34. The topological polar surface area (TPSA) is 87.7 Å². The molecule has 1 saturated carbocycles. The molecule has 0 radical (unpaired) electrons. The number of nitrogens with two attached hydrogens (primary N) is 1. The van der Waals surface area contributed by atoms with Gasteiger partial charge in [0.25, 0.3) is 0 Å². The second-order valence-corrected chi connectivity index (χ2v) is 4.18. The number of nitrogens with zero attached hydrogens (tertiary/aromatic N) is 1. The number of primary amides is 1. The zero-order valence-corrected chi connectivity index (χ0v) is 8.58. The lowest BCUT2D eigenvalue weighted by molar-refractivity contribution is 0.0450. The molecule has 80 valence electrons. The third-order valence-corrected chi connectivity index (χ3v) is 2.49. The van der Waals surface area contributed by atoms with Gasteiger partial charge in [-0.05, 0) is 33.1 Å². The first-order valence-corrected chi connectivity index (χ1v) is 4.75. The summed E-state index contributed by atoms with van der Waals surface area (Å²) in [4.78, 5) is 10.5. The normalized spacial score (nSPS) is 25.4. The molecule has 4 N–H and O–H groups in total. The van der Waals surface area contributed by atoms with E-state index < -0.39 is 11.6 Å². The zero-order valence-electron chi connectivity index (χ0n) is 8.58. The first kappa shape index (κ1) is 11.0. The van der Waals surface area contributed by atoms with Crippen LogP contribution in [0.2, 0.25) is 0 Å². The lowest BCUT2D eigenvalue weighted by Gasteiger charge is -2.25. The molecule has 0 aromatic rings. The van der Waals surface area contributed by atoms with Gasteiger partial charge in [0.05, 0.1) is 5.60 Å². The van der Waals surface area contributed by atoms with E-state index in [2.05, 4.69) is 10.5 Å². The van der Waals surface area contributed by atoms with Crippen LogP contribution in [0.5, 0.6) is 0 Å². The van der Waals surface area contributed by atoms with Crippen LogP contribution in [0.3, 0.4) is 0 Å². The van der Waals surface area contributed by atoms with Crippen LogP contribution in [0.25, 0.3) is 0 Å². The summed E-state index contributed by atoms with van der Waals surface area (Å²) in [5.41, 5.74) is 7.16. The van der Waals surface area contributed by atoms with Gasteiger partial charge in [-0.2, -0.15) is 5.10 Å². The van der Waals surface area contributed by atoms with Crippen LogP contribution in [0.15, 0.2) is 5.10 Å². The second kappa shape index (κ2) is 3.96. The summed E-state index contributed by atoms with van der Waals surface area (Å²) in [5, 5.41) is 13.7. The Morgan fingerprint density at radius 2 is 2.36 bits per heavy atom. The fourth-order valence-corrected chi connectivity index (χ4v) is 1.85. The van der Waals surface area contributed by atoms with Crippen molar-refractivity contribution in [3.8, 4) is 0 Å². The van der Waals surface area contributed by atoms with E-state index in [1.807, 2.05) is 0 Å². The lowest BCUT2D eigenvalue weighted by atomic mass is 9.89. The molecule has 1 fully saturated rings. The number of aliphatic hydroxyl groups is 1. The van der Waals surface area contributed by atoms with Crippen molar-refractivity contribution in [2.24, 2.45) is 16.8 Å². The van der Waals surface area contributed by atoms with Gasteiger partial charge in [0.2, 0.25) is 0 Å². The van der Waals surface area contributed by atoms with Crippen LogP contribution in [0.1, 0.15) is 33.1 Å². The maximum atomic E-state index is 10.5. The third-order valence-electron chi connectivity index (χ3n) is 2.49. The molecule has 2 amide bonds. The predicted octanol–water partition coefficient (Wildman–Crippen LogP) is 0.582. The van der Waals surface area contributed by atoms with Crippen LogP contribution in [-0.2, 0) is 0 Å². The summed E-state index contributed by atoms with van der Waals surface area (Å²) in [5.74, 6) is 0.0225. The molecule has 0 saturated heterocycles. The Kier molecular flexibility index (Phi) is 3.10. The molecule has 0 unspecified atom stereocenters. The van der Waals surface area contributed by atoms with Crippen molar-refractivity contribution in [2.75, 3.05) is 0 Å². The number of carbonyl (C=O) groups is 1. The van der Waals surface area contributed by atoms with Crippen LogP contribution in [0, 0.1) is 5.92 Å². The van der Waals surface area contributed by atoms with E-state index in [1.165, 1.54) is 0 Å². The first-order chi connectivity index (χ1) is 6.41. The maximum Gasteiger partial charge on any atom is 0.332 e. The van der Waals surface area contributed by atoms with Gasteiger partial charge in [0, 0.05) is 11.6 Å². The summed E-state index contributed by atoms with van der Waals surface area (Å²) < 4.78 is 0. The molecule has 1 rings (SSSR count). The fourth-order valence-electron chi connectivity index (χ4n) is 1.85. The number of hydrogen-bond donors (Lipinski definition) is 3. The van der Waals surface area contributed by atoms with E-state index in [4.69, 9.17) is 5.73 Å². The molecule has 1 aliphatic carbocycles. The average molecular weight is 199 g/mol. The van der Waals surface area contributed by atoms with Crippen molar-refractivity contribution in [3.05, 3.63) is 0 Å². The van der Waals surface area contributed by atoms with Gasteiger partial charge in [-0.25, -0.2) is 10.2 Å². The zero-order chi connectivity index (χ0) is 10.8. The lowest BCUT2D eigenvalue weighted by Crippen LogP contribution is -2.35. The van der Waals surface area contributed by atoms with Crippen molar-refractivity contribution < 1.29 is 9.90 Å². The van der Waals surface area contributed by atoms with E-state index in [-0.39, 0.29) is 5.92 Å². The van der Waals surface area contributed by atoms with E-state index in [0.29, 0.717) is 0 Å². The summed E-state index contributed by atoms with van der Waals surface area (Å²) in [6.45, 7) is 3.51. The van der Waals surface area contributed by atoms with Gasteiger partial charge >= 0.3 is 6.03 Å². The predicted molar refractivity (Wildman–Crippen MR) is 53.8 cm³/mol. The van der Waals surface area contributed by atoms with E-state index in [0.717, 1.165) is 25.0 Å². The number of hydrogen-bond acceptors (Lipinski definition) is 3. The fraction of sp³-hybridized carbons (Fsp3) is 0.778. The standard InChI is InChI=1S/C9H17N3O2/c1-9(2,14)6-4-3-5-7(6)11-12-8(10)13/h6,14H,3-5H2,1-2H3,(H3,10,12,13)/b11-7+/t6-/m1/s1. The minimum absolute atomic E-state index is 0.0225. The summed E-state index contributed by atoms with van der Waals surface area (Å²) in [6, 6.07) is -0.668. The van der Waals surface area contributed by atoms with Gasteiger partial charge in [-0.15, -0.1) is 0 Å². The SMILES string of the molecule is CC(C)(O)[C@@H]1CCC/C1=N\NC(N)=O. The Hall–Kier alpha value is -1.10. The molecular formula is C9H17N3O2. The van der Waals surface area contributed by atoms with Crippen LogP contribution in [0.4, 0.5) is 4.79 Å². The number of hydrazone groups is 1. The minimum Gasteiger partial charge on any atom is -0.390 e. The largest absolute Gasteiger partial charge is 0.390 e. The monoisotopic (exact) mass is 199 g/mol. The average Bonchev–Trinajstić information content (AvgIpc) is 2.46. The summed E-state index contributed by atoms with van der Waals surface area (Å²) in [7, 11) is 0. The Morgan fingerprint density at radius 3 is 2.86 bits per heavy atom. The van der Waals surface area contributed by atoms with E-state index >= 15 is 0 Å². The van der Waals surface area contributed by atoms with Crippen molar-refractivity contribution >= 4 is 11.7 Å². The quantitative estimate of drug-likeness (QED) is 0.568. The van der Waals surface area contributed by atoms with Crippen molar-refractivity contribution in [1.82, 2.24) is 5.43 Å².